The Morgan fingerprint density at radius 1 is 1.31 bits per heavy atom. The molecule has 0 spiro atoms. The first-order chi connectivity index (χ1) is 12.2. The highest BCUT2D eigenvalue weighted by molar-refractivity contribution is 7.91. The first-order valence-corrected chi connectivity index (χ1v) is 11.9. The van der Waals surface area contributed by atoms with E-state index in [1.807, 2.05) is 24.3 Å². The SMILES string of the molecule is CC(NS(=O)(=O)CC1CCCS(=O)(=O)C1)c1ccc(-n2cncn2)cc1. The van der Waals surface area contributed by atoms with Gasteiger partial charge in [0.05, 0.1) is 22.9 Å². The highest BCUT2D eigenvalue weighted by Crippen LogP contribution is 2.21. The molecule has 0 bridgehead atoms. The summed E-state index contributed by atoms with van der Waals surface area (Å²) in [5.74, 6) is -0.387. The third-order valence-corrected chi connectivity index (χ3v) is 7.96. The van der Waals surface area contributed by atoms with Crippen molar-refractivity contribution < 1.29 is 16.8 Å². The fourth-order valence-corrected chi connectivity index (χ4v) is 6.80. The Morgan fingerprint density at radius 2 is 2.04 bits per heavy atom. The standard InChI is InChI=1S/C16H22N4O4S2/c1-13(15-4-6-16(7-5-15)20-12-17-11-18-20)19-26(23,24)10-14-3-2-8-25(21,22)9-14/h4-7,11-14,19H,2-3,8-10H2,1H3. The molecule has 2 atom stereocenters. The van der Waals surface area contributed by atoms with Crippen molar-refractivity contribution in [2.45, 2.75) is 25.8 Å². The van der Waals surface area contributed by atoms with Crippen molar-refractivity contribution >= 4 is 19.9 Å². The van der Waals surface area contributed by atoms with Crippen LogP contribution in [-0.2, 0) is 19.9 Å². The lowest BCUT2D eigenvalue weighted by atomic mass is 10.1. The molecule has 1 aliphatic rings. The largest absolute Gasteiger partial charge is 0.229 e. The van der Waals surface area contributed by atoms with Crippen molar-refractivity contribution in [3.63, 3.8) is 0 Å². The van der Waals surface area contributed by atoms with Crippen LogP contribution in [0.1, 0.15) is 31.4 Å². The summed E-state index contributed by atoms with van der Waals surface area (Å²) >= 11 is 0. The second kappa shape index (κ2) is 7.45. The van der Waals surface area contributed by atoms with E-state index < -0.39 is 25.9 Å². The fraction of sp³-hybridized carbons (Fsp3) is 0.500. The van der Waals surface area contributed by atoms with Gasteiger partial charge < -0.3 is 0 Å². The summed E-state index contributed by atoms with van der Waals surface area (Å²) in [7, 11) is -6.69. The third-order valence-electron chi connectivity index (χ3n) is 4.45. The minimum Gasteiger partial charge on any atom is -0.229 e. The number of hydrogen-bond acceptors (Lipinski definition) is 6. The summed E-state index contributed by atoms with van der Waals surface area (Å²) in [6.45, 7) is 1.76. The summed E-state index contributed by atoms with van der Waals surface area (Å²) in [5, 5.41) is 4.04. The average molecular weight is 399 g/mol. The van der Waals surface area contributed by atoms with Crippen LogP contribution in [0.5, 0.6) is 0 Å². The van der Waals surface area contributed by atoms with Gasteiger partial charge >= 0.3 is 0 Å². The molecule has 2 unspecified atom stereocenters. The maximum atomic E-state index is 12.4. The molecule has 0 radical (unpaired) electrons. The van der Waals surface area contributed by atoms with Gasteiger partial charge in [0.15, 0.2) is 9.84 Å². The molecular formula is C16H22N4O4S2. The van der Waals surface area contributed by atoms with E-state index in [1.54, 1.807) is 17.9 Å². The lowest BCUT2D eigenvalue weighted by molar-refractivity contribution is 0.501. The first-order valence-electron chi connectivity index (χ1n) is 8.39. The number of hydrogen-bond donors (Lipinski definition) is 1. The Kier molecular flexibility index (Phi) is 5.44. The van der Waals surface area contributed by atoms with Crippen LogP contribution in [0.3, 0.4) is 0 Å². The maximum absolute atomic E-state index is 12.4. The topological polar surface area (TPSA) is 111 Å². The molecule has 10 heteroatoms. The number of benzene rings is 1. The van der Waals surface area contributed by atoms with Gasteiger partial charge in [0.1, 0.15) is 12.7 Å². The molecule has 1 saturated heterocycles. The Bertz CT molecular complexity index is 939. The second-order valence-electron chi connectivity index (χ2n) is 6.68. The molecule has 8 nitrogen and oxygen atoms in total. The van der Waals surface area contributed by atoms with E-state index in [1.165, 1.54) is 6.33 Å². The highest BCUT2D eigenvalue weighted by Gasteiger charge is 2.29. The predicted molar refractivity (Wildman–Crippen MR) is 98.1 cm³/mol. The monoisotopic (exact) mass is 398 g/mol. The zero-order valence-electron chi connectivity index (χ0n) is 14.4. The van der Waals surface area contributed by atoms with Gasteiger partial charge in [-0.25, -0.2) is 31.2 Å². The van der Waals surface area contributed by atoms with Crippen LogP contribution in [0.15, 0.2) is 36.9 Å². The number of rotatable bonds is 6. The molecule has 0 aliphatic carbocycles. The Hall–Kier alpha value is -1.78. The second-order valence-corrected chi connectivity index (χ2v) is 10.7. The highest BCUT2D eigenvalue weighted by atomic mass is 32.2. The smallest absolute Gasteiger partial charge is 0.212 e. The molecule has 0 amide bonds. The van der Waals surface area contributed by atoms with Crippen LogP contribution in [0.2, 0.25) is 0 Å². The predicted octanol–water partition coefficient (Wildman–Crippen LogP) is 1.07. The van der Waals surface area contributed by atoms with E-state index in [0.717, 1.165) is 11.3 Å². The quantitative estimate of drug-likeness (QED) is 0.779. The van der Waals surface area contributed by atoms with Crippen molar-refractivity contribution in [3.05, 3.63) is 42.5 Å². The molecule has 1 aromatic heterocycles. The fourth-order valence-electron chi connectivity index (χ4n) is 3.20. The molecule has 1 aliphatic heterocycles. The van der Waals surface area contributed by atoms with Crippen LogP contribution in [0.4, 0.5) is 0 Å². The van der Waals surface area contributed by atoms with Gasteiger partial charge in [0, 0.05) is 6.04 Å². The van der Waals surface area contributed by atoms with Gasteiger partial charge in [-0.15, -0.1) is 0 Å². The number of sulfone groups is 1. The van der Waals surface area contributed by atoms with Crippen LogP contribution in [0, 0.1) is 5.92 Å². The van der Waals surface area contributed by atoms with E-state index in [9.17, 15) is 16.8 Å². The molecule has 2 aromatic rings. The Morgan fingerprint density at radius 3 is 2.65 bits per heavy atom. The van der Waals surface area contributed by atoms with Crippen molar-refractivity contribution in [2.75, 3.05) is 17.3 Å². The van der Waals surface area contributed by atoms with Crippen molar-refractivity contribution in [3.8, 4) is 5.69 Å². The molecule has 1 fully saturated rings. The minimum atomic E-state index is -3.57. The van der Waals surface area contributed by atoms with Crippen LogP contribution < -0.4 is 4.72 Å². The molecule has 1 aromatic carbocycles. The van der Waals surface area contributed by atoms with Gasteiger partial charge in [-0.05, 0) is 43.4 Å². The molecule has 3 rings (SSSR count). The Labute approximate surface area is 153 Å². The van der Waals surface area contributed by atoms with E-state index >= 15 is 0 Å². The molecular weight excluding hydrogens is 376 g/mol. The molecule has 142 valence electrons. The molecule has 1 N–H and O–H groups in total. The number of nitrogens with zero attached hydrogens (tertiary/aromatic N) is 3. The zero-order chi connectivity index (χ0) is 18.8. The summed E-state index contributed by atoms with van der Waals surface area (Å²) < 4.78 is 52.5. The molecule has 26 heavy (non-hydrogen) atoms. The van der Waals surface area contributed by atoms with Crippen LogP contribution in [0.25, 0.3) is 5.69 Å². The van der Waals surface area contributed by atoms with Gasteiger partial charge in [-0.2, -0.15) is 5.10 Å². The van der Waals surface area contributed by atoms with Crippen LogP contribution >= 0.6 is 0 Å². The normalized spacial score (nSPS) is 21.3. The van der Waals surface area contributed by atoms with Crippen molar-refractivity contribution in [2.24, 2.45) is 5.92 Å². The van der Waals surface area contributed by atoms with Gasteiger partial charge in [0.25, 0.3) is 0 Å². The first kappa shape index (κ1) is 19.0. The van der Waals surface area contributed by atoms with E-state index in [2.05, 4.69) is 14.8 Å². The van der Waals surface area contributed by atoms with Gasteiger partial charge in [-0.1, -0.05) is 12.1 Å². The van der Waals surface area contributed by atoms with Gasteiger partial charge in [-0.3, -0.25) is 0 Å². The van der Waals surface area contributed by atoms with Gasteiger partial charge in [0.2, 0.25) is 10.0 Å². The van der Waals surface area contributed by atoms with Crippen LogP contribution in [-0.4, -0.2) is 48.9 Å². The lowest BCUT2D eigenvalue weighted by Gasteiger charge is -2.23. The third kappa shape index (κ3) is 4.89. The minimum absolute atomic E-state index is 0.0467. The van der Waals surface area contributed by atoms with E-state index in [-0.39, 0.29) is 23.2 Å². The number of sulfonamides is 1. The number of nitrogens with one attached hydrogen (secondary N) is 1. The molecule has 0 saturated carbocycles. The Balaban J connectivity index is 1.63. The van der Waals surface area contributed by atoms with Crippen molar-refractivity contribution in [1.29, 1.82) is 0 Å². The average Bonchev–Trinajstić information content (AvgIpc) is 3.07. The summed E-state index contributed by atoms with van der Waals surface area (Å²) in [4.78, 5) is 3.89. The summed E-state index contributed by atoms with van der Waals surface area (Å²) in [5.41, 5.74) is 1.64. The maximum Gasteiger partial charge on any atom is 0.212 e. The van der Waals surface area contributed by atoms with Crippen molar-refractivity contribution in [1.82, 2.24) is 19.5 Å². The zero-order valence-corrected chi connectivity index (χ0v) is 16.1. The number of aromatic nitrogens is 3. The van der Waals surface area contributed by atoms with E-state index in [4.69, 9.17) is 0 Å². The lowest BCUT2D eigenvalue weighted by Crippen LogP contribution is -2.36. The van der Waals surface area contributed by atoms with E-state index in [0.29, 0.717) is 12.8 Å². The summed E-state index contributed by atoms with van der Waals surface area (Å²) in [6, 6.07) is 6.92. The summed E-state index contributed by atoms with van der Waals surface area (Å²) in [6.07, 6.45) is 4.18. The molecule has 2 heterocycles.